The van der Waals surface area contributed by atoms with E-state index in [4.69, 9.17) is 16.3 Å². The van der Waals surface area contributed by atoms with Crippen molar-refractivity contribution >= 4 is 40.4 Å². The molecule has 0 saturated carbocycles. The van der Waals surface area contributed by atoms with E-state index in [1.54, 1.807) is 12.1 Å². The summed E-state index contributed by atoms with van der Waals surface area (Å²) in [5.41, 5.74) is -2.02. The van der Waals surface area contributed by atoms with Crippen LogP contribution in [0.4, 0.5) is 18.9 Å². The van der Waals surface area contributed by atoms with Crippen LogP contribution < -0.4 is 10.3 Å². The molecule has 0 unspecified atom stereocenters. The number of carbonyl (C=O) groups excluding carboxylic acids is 1. The van der Waals surface area contributed by atoms with Gasteiger partial charge in [0.1, 0.15) is 0 Å². The number of hydrogen-bond donors (Lipinski definition) is 0. The van der Waals surface area contributed by atoms with Crippen molar-refractivity contribution in [3.8, 4) is 17.1 Å². The molecule has 0 bridgehead atoms. The maximum atomic E-state index is 13.4. The predicted molar refractivity (Wildman–Crippen MR) is 140 cm³/mol. The zero-order valence-electron chi connectivity index (χ0n) is 20.7. The molecule has 4 aromatic rings. The van der Waals surface area contributed by atoms with Gasteiger partial charge in [0, 0.05) is 17.2 Å². The lowest BCUT2D eigenvalue weighted by atomic mass is 10.1. The van der Waals surface area contributed by atoms with Crippen molar-refractivity contribution < 1.29 is 32.4 Å². The highest BCUT2D eigenvalue weighted by molar-refractivity contribution is 6.32. The number of nitro benzene ring substituents is 1. The lowest BCUT2D eigenvalue weighted by Crippen LogP contribution is -2.25. The second-order valence-electron chi connectivity index (χ2n) is 8.28. The molecule has 0 aliphatic rings. The maximum absolute atomic E-state index is 13.4. The first-order valence-electron chi connectivity index (χ1n) is 11.4. The van der Waals surface area contributed by atoms with E-state index < -0.39 is 45.7 Å². The van der Waals surface area contributed by atoms with Gasteiger partial charge >= 0.3 is 17.8 Å². The molecule has 4 rings (SSSR count). The predicted octanol–water partition coefficient (Wildman–Crippen LogP) is 5.47. The van der Waals surface area contributed by atoms with Crippen LogP contribution in [0.5, 0.6) is 5.75 Å². The summed E-state index contributed by atoms with van der Waals surface area (Å²) in [5, 5.41) is 15.7. The van der Waals surface area contributed by atoms with E-state index in [2.05, 4.69) is 14.8 Å². The zero-order chi connectivity index (χ0) is 29.2. The van der Waals surface area contributed by atoms with Gasteiger partial charge in [-0.2, -0.15) is 22.9 Å². The Morgan fingerprint density at radius 3 is 2.58 bits per heavy atom. The number of carbonyl (C=O) groups is 1. The highest BCUT2D eigenvalue weighted by Crippen LogP contribution is 2.37. The van der Waals surface area contributed by atoms with Gasteiger partial charge in [-0.15, -0.1) is 0 Å². The third-order valence-electron chi connectivity index (χ3n) is 5.59. The molecule has 0 N–H and O–H groups in total. The summed E-state index contributed by atoms with van der Waals surface area (Å²) in [6, 6.07) is 12.7. The van der Waals surface area contributed by atoms with Gasteiger partial charge in [0.05, 0.1) is 39.7 Å². The minimum absolute atomic E-state index is 0.0422. The van der Waals surface area contributed by atoms with Crippen LogP contribution in [-0.2, 0) is 15.7 Å². The van der Waals surface area contributed by atoms with Gasteiger partial charge in [-0.1, -0.05) is 35.9 Å². The molecule has 40 heavy (non-hydrogen) atoms. The second-order valence-corrected chi connectivity index (χ2v) is 8.69. The number of para-hydroxylation sites is 1. The van der Waals surface area contributed by atoms with E-state index in [1.807, 2.05) is 0 Å². The van der Waals surface area contributed by atoms with Gasteiger partial charge in [0.2, 0.25) is 5.75 Å². The molecule has 0 radical (unpaired) electrons. The Bertz CT molecular complexity index is 1720. The number of halogens is 4. The molecule has 1 atom stereocenters. The standard InChI is InChI=1S/C26H18ClF3N4O6/c1-14(25(36)39-2)40-22-19(27)10-15(11-21(22)34(37)38)13-31-33-23(16-6-5-7-17(12-16)26(28,29)30)32-20-9-4-3-8-18(20)24(33)35/h3-14H,1-2H3/t14-/m0/s1. The number of rotatable bonds is 7. The quantitative estimate of drug-likeness (QED) is 0.124. The first-order chi connectivity index (χ1) is 18.9. The van der Waals surface area contributed by atoms with Crippen LogP contribution in [-0.4, -0.2) is 40.0 Å². The first kappa shape index (κ1) is 28.2. The molecule has 0 fully saturated rings. The third-order valence-corrected chi connectivity index (χ3v) is 5.88. The van der Waals surface area contributed by atoms with Crippen molar-refractivity contribution in [2.45, 2.75) is 19.2 Å². The molecule has 1 aromatic heterocycles. The van der Waals surface area contributed by atoms with E-state index in [1.165, 1.54) is 37.3 Å². The molecule has 10 nitrogen and oxygen atoms in total. The summed E-state index contributed by atoms with van der Waals surface area (Å²) in [7, 11) is 1.12. The Hall–Kier alpha value is -4.78. The van der Waals surface area contributed by atoms with Gasteiger partial charge in [-0.25, -0.2) is 9.78 Å². The molecular formula is C26H18ClF3N4O6. The Balaban J connectivity index is 1.86. The van der Waals surface area contributed by atoms with E-state index >= 15 is 0 Å². The number of alkyl halides is 3. The first-order valence-corrected chi connectivity index (χ1v) is 11.7. The Morgan fingerprint density at radius 2 is 1.90 bits per heavy atom. The van der Waals surface area contributed by atoms with Crippen molar-refractivity contribution in [3.63, 3.8) is 0 Å². The SMILES string of the molecule is COC(=O)[C@H](C)Oc1c(Cl)cc(C=Nn2c(-c3cccc(C(F)(F)F)c3)nc3ccccc3c2=O)cc1[N+](=O)[O-]. The van der Waals surface area contributed by atoms with Crippen molar-refractivity contribution in [2.75, 3.05) is 7.11 Å². The fourth-order valence-electron chi connectivity index (χ4n) is 3.69. The summed E-state index contributed by atoms with van der Waals surface area (Å²) >= 11 is 6.22. The molecule has 3 aromatic carbocycles. The molecule has 0 spiro atoms. The highest BCUT2D eigenvalue weighted by Gasteiger charge is 2.31. The number of ether oxygens (including phenoxy) is 2. The number of nitro groups is 1. The van der Waals surface area contributed by atoms with E-state index in [0.717, 1.165) is 36.2 Å². The Morgan fingerprint density at radius 1 is 1.18 bits per heavy atom. The summed E-state index contributed by atoms with van der Waals surface area (Å²) in [4.78, 5) is 40.3. The summed E-state index contributed by atoms with van der Waals surface area (Å²) in [5.74, 6) is -1.38. The number of nitrogens with zero attached hydrogens (tertiary/aromatic N) is 4. The molecule has 0 aliphatic heterocycles. The molecule has 0 saturated heterocycles. The molecule has 14 heteroatoms. The number of methoxy groups -OCH3 is 1. The second kappa shape index (κ2) is 11.1. The fraction of sp³-hybridized carbons (Fsp3) is 0.154. The van der Waals surface area contributed by atoms with Gasteiger partial charge in [0.25, 0.3) is 5.56 Å². The normalized spacial score (nSPS) is 12.4. The van der Waals surface area contributed by atoms with Crippen LogP contribution in [0.3, 0.4) is 0 Å². The molecule has 206 valence electrons. The number of benzene rings is 3. The molecule has 0 amide bonds. The zero-order valence-corrected chi connectivity index (χ0v) is 21.4. The highest BCUT2D eigenvalue weighted by atomic mass is 35.5. The van der Waals surface area contributed by atoms with E-state index in [0.29, 0.717) is 0 Å². The summed E-state index contributed by atoms with van der Waals surface area (Å²) in [6.07, 6.45) is -4.80. The fourth-order valence-corrected chi connectivity index (χ4v) is 3.96. The van der Waals surface area contributed by atoms with Crippen LogP contribution in [0, 0.1) is 10.1 Å². The van der Waals surface area contributed by atoms with Crippen LogP contribution in [0.1, 0.15) is 18.1 Å². The third kappa shape index (κ3) is 5.78. The Kier molecular flexibility index (Phi) is 7.86. The van der Waals surface area contributed by atoms with Crippen molar-refractivity contribution in [1.82, 2.24) is 9.66 Å². The van der Waals surface area contributed by atoms with Gasteiger partial charge in [-0.3, -0.25) is 14.9 Å². The van der Waals surface area contributed by atoms with Crippen molar-refractivity contribution in [1.29, 1.82) is 0 Å². The number of aromatic nitrogens is 2. The lowest BCUT2D eigenvalue weighted by molar-refractivity contribution is -0.386. The largest absolute Gasteiger partial charge is 0.471 e. The average molecular weight is 575 g/mol. The number of esters is 1. The maximum Gasteiger partial charge on any atom is 0.416 e. The monoisotopic (exact) mass is 574 g/mol. The van der Waals surface area contributed by atoms with Crippen LogP contribution in [0.2, 0.25) is 5.02 Å². The number of hydrogen-bond acceptors (Lipinski definition) is 8. The van der Waals surface area contributed by atoms with Crippen molar-refractivity contribution in [2.24, 2.45) is 5.10 Å². The van der Waals surface area contributed by atoms with E-state index in [-0.39, 0.29) is 32.9 Å². The van der Waals surface area contributed by atoms with E-state index in [9.17, 15) is 32.9 Å². The molecule has 1 heterocycles. The topological polar surface area (TPSA) is 126 Å². The van der Waals surface area contributed by atoms with Crippen LogP contribution in [0.15, 0.2) is 70.6 Å². The van der Waals surface area contributed by atoms with Crippen LogP contribution in [0.25, 0.3) is 22.3 Å². The van der Waals surface area contributed by atoms with Gasteiger partial charge in [0.15, 0.2) is 11.9 Å². The minimum atomic E-state index is -4.65. The minimum Gasteiger partial charge on any atom is -0.471 e. The van der Waals surface area contributed by atoms with Crippen molar-refractivity contribution in [3.05, 3.63) is 97.3 Å². The molecule has 0 aliphatic carbocycles. The Labute approximate surface area is 228 Å². The number of fused-ring (bicyclic) bond motifs is 1. The summed E-state index contributed by atoms with van der Waals surface area (Å²) in [6.45, 7) is 1.32. The average Bonchev–Trinajstić information content (AvgIpc) is 2.92. The lowest BCUT2D eigenvalue weighted by Gasteiger charge is -2.14. The summed E-state index contributed by atoms with van der Waals surface area (Å²) < 4.78 is 50.8. The van der Waals surface area contributed by atoms with Crippen LogP contribution >= 0.6 is 11.6 Å². The smallest absolute Gasteiger partial charge is 0.416 e. The van der Waals surface area contributed by atoms with Gasteiger partial charge in [-0.05, 0) is 37.3 Å². The molecular weight excluding hydrogens is 557 g/mol. The van der Waals surface area contributed by atoms with Gasteiger partial charge < -0.3 is 9.47 Å².